The molecular weight excluding hydrogens is 291 g/mol. The highest BCUT2D eigenvalue weighted by molar-refractivity contribution is 5.92. The fraction of sp³-hybridized carbons (Fsp3) is 0.231. The number of ether oxygens (including phenoxy) is 1. The zero-order valence-corrected chi connectivity index (χ0v) is 11.0. The Balaban J connectivity index is 2.76. The lowest BCUT2D eigenvalue weighted by Crippen LogP contribution is -2.21. The number of hydrogen-bond acceptors (Lipinski definition) is 3. The molecule has 0 saturated carbocycles. The standard InChI is InChI=1S/C13H10F3NO4/c1-6-10(12(19)20)17(2)9-4-3-7(21-13(14,15)16)5-8(9)11(6)18/h3-5H,1-2H3,(H,19,20). The number of nitrogens with zero attached hydrogens (tertiary/aromatic N) is 1. The van der Waals surface area contributed by atoms with Crippen LogP contribution in [0.4, 0.5) is 13.2 Å². The van der Waals surface area contributed by atoms with E-state index in [1.54, 1.807) is 0 Å². The maximum atomic E-state index is 12.2. The van der Waals surface area contributed by atoms with Gasteiger partial charge in [-0.15, -0.1) is 13.2 Å². The minimum Gasteiger partial charge on any atom is -0.477 e. The van der Waals surface area contributed by atoms with Crippen LogP contribution in [-0.2, 0) is 7.05 Å². The number of pyridine rings is 1. The number of carbonyl (C=O) groups is 1. The summed E-state index contributed by atoms with van der Waals surface area (Å²) in [6.45, 7) is 1.31. The average molecular weight is 301 g/mol. The van der Waals surface area contributed by atoms with Gasteiger partial charge >= 0.3 is 12.3 Å². The van der Waals surface area contributed by atoms with Crippen LogP contribution in [0.1, 0.15) is 16.1 Å². The number of halogens is 3. The topological polar surface area (TPSA) is 68.5 Å². The van der Waals surface area contributed by atoms with E-state index < -0.39 is 23.5 Å². The number of carboxylic acid groups (broad SMARTS) is 1. The molecule has 0 fully saturated rings. The molecule has 1 aromatic carbocycles. The minimum atomic E-state index is -4.87. The highest BCUT2D eigenvalue weighted by atomic mass is 19.4. The summed E-state index contributed by atoms with van der Waals surface area (Å²) in [6, 6.07) is 3.18. The van der Waals surface area contributed by atoms with E-state index in [9.17, 15) is 22.8 Å². The Kier molecular flexibility index (Phi) is 3.40. The predicted octanol–water partition coefficient (Wildman–Crippen LogP) is 2.44. The molecule has 0 saturated heterocycles. The van der Waals surface area contributed by atoms with Gasteiger partial charge in [0.1, 0.15) is 11.4 Å². The largest absolute Gasteiger partial charge is 0.573 e. The predicted molar refractivity (Wildman–Crippen MR) is 67.6 cm³/mol. The summed E-state index contributed by atoms with van der Waals surface area (Å²) in [7, 11) is 1.42. The van der Waals surface area contributed by atoms with E-state index in [0.717, 1.165) is 12.1 Å². The van der Waals surface area contributed by atoms with Crippen LogP contribution in [0.3, 0.4) is 0 Å². The molecule has 0 atom stereocenters. The molecule has 2 aromatic rings. The number of fused-ring (bicyclic) bond motifs is 1. The number of hydrogen-bond donors (Lipinski definition) is 1. The maximum Gasteiger partial charge on any atom is 0.573 e. The van der Waals surface area contributed by atoms with E-state index in [4.69, 9.17) is 5.11 Å². The first-order valence-electron chi connectivity index (χ1n) is 5.74. The van der Waals surface area contributed by atoms with Crippen molar-refractivity contribution < 1.29 is 27.8 Å². The number of aromatic carboxylic acids is 1. The van der Waals surface area contributed by atoms with Gasteiger partial charge in [0.2, 0.25) is 0 Å². The number of alkyl halides is 3. The Labute approximate surface area is 116 Å². The fourth-order valence-electron chi connectivity index (χ4n) is 2.17. The second kappa shape index (κ2) is 4.80. The SMILES string of the molecule is Cc1c(C(=O)O)n(C)c2ccc(OC(F)(F)F)cc2c1=O. The molecule has 0 spiro atoms. The Bertz CT molecular complexity index is 793. The molecule has 5 nitrogen and oxygen atoms in total. The molecule has 1 heterocycles. The average Bonchev–Trinajstić information content (AvgIpc) is 2.33. The third kappa shape index (κ3) is 2.69. The first kappa shape index (κ1) is 14.9. The van der Waals surface area contributed by atoms with Crippen LogP contribution in [-0.4, -0.2) is 22.0 Å². The number of aryl methyl sites for hydroxylation is 1. The van der Waals surface area contributed by atoms with Gasteiger partial charge in [-0.1, -0.05) is 0 Å². The number of benzene rings is 1. The van der Waals surface area contributed by atoms with Gasteiger partial charge in [0, 0.05) is 18.0 Å². The third-order valence-corrected chi connectivity index (χ3v) is 3.04. The molecule has 0 radical (unpaired) electrons. The highest BCUT2D eigenvalue weighted by Gasteiger charge is 2.31. The van der Waals surface area contributed by atoms with Crippen molar-refractivity contribution in [2.75, 3.05) is 0 Å². The van der Waals surface area contributed by atoms with Gasteiger partial charge in [-0.25, -0.2) is 4.79 Å². The van der Waals surface area contributed by atoms with Crippen LogP contribution < -0.4 is 10.2 Å². The second-order valence-corrected chi connectivity index (χ2v) is 4.39. The van der Waals surface area contributed by atoms with Crippen LogP contribution in [0.2, 0.25) is 0 Å². The molecule has 0 aliphatic carbocycles. The Morgan fingerprint density at radius 1 is 1.33 bits per heavy atom. The van der Waals surface area contributed by atoms with Crippen molar-refractivity contribution in [1.29, 1.82) is 0 Å². The van der Waals surface area contributed by atoms with E-state index in [-0.39, 0.29) is 22.2 Å². The van der Waals surface area contributed by atoms with Crippen molar-refractivity contribution in [3.63, 3.8) is 0 Å². The van der Waals surface area contributed by atoms with E-state index in [2.05, 4.69) is 4.74 Å². The molecule has 0 unspecified atom stereocenters. The quantitative estimate of drug-likeness (QED) is 0.925. The van der Waals surface area contributed by atoms with Gasteiger partial charge in [-0.3, -0.25) is 4.79 Å². The van der Waals surface area contributed by atoms with Gasteiger partial charge in [0.25, 0.3) is 0 Å². The van der Waals surface area contributed by atoms with Crippen molar-refractivity contribution in [3.8, 4) is 5.75 Å². The first-order chi connectivity index (χ1) is 9.61. The van der Waals surface area contributed by atoms with Crippen molar-refractivity contribution in [2.24, 2.45) is 7.05 Å². The van der Waals surface area contributed by atoms with Crippen LogP contribution in [0, 0.1) is 6.92 Å². The summed E-state index contributed by atoms with van der Waals surface area (Å²) < 4.78 is 41.6. The van der Waals surface area contributed by atoms with E-state index >= 15 is 0 Å². The lowest BCUT2D eigenvalue weighted by molar-refractivity contribution is -0.274. The molecule has 0 aliphatic rings. The Morgan fingerprint density at radius 3 is 2.48 bits per heavy atom. The molecule has 0 bridgehead atoms. The zero-order chi connectivity index (χ0) is 15.9. The summed E-state index contributed by atoms with van der Waals surface area (Å²) in [5.41, 5.74) is -0.704. The maximum absolute atomic E-state index is 12.2. The summed E-state index contributed by atoms with van der Waals surface area (Å²) >= 11 is 0. The minimum absolute atomic E-state index is 0.0400. The Morgan fingerprint density at radius 2 is 1.95 bits per heavy atom. The monoisotopic (exact) mass is 301 g/mol. The van der Waals surface area contributed by atoms with Crippen molar-refractivity contribution in [1.82, 2.24) is 4.57 Å². The molecule has 21 heavy (non-hydrogen) atoms. The molecule has 112 valence electrons. The normalized spacial score (nSPS) is 11.7. The Hall–Kier alpha value is -2.51. The van der Waals surface area contributed by atoms with Crippen LogP contribution in [0.5, 0.6) is 5.75 Å². The molecular formula is C13H10F3NO4. The fourth-order valence-corrected chi connectivity index (χ4v) is 2.17. The van der Waals surface area contributed by atoms with Crippen LogP contribution in [0.25, 0.3) is 10.9 Å². The summed E-state index contributed by atoms with van der Waals surface area (Å²) in [5, 5.41) is 9.06. The van der Waals surface area contributed by atoms with Crippen molar-refractivity contribution >= 4 is 16.9 Å². The van der Waals surface area contributed by atoms with E-state index in [1.165, 1.54) is 24.6 Å². The lowest BCUT2D eigenvalue weighted by atomic mass is 10.1. The zero-order valence-electron chi connectivity index (χ0n) is 11.0. The highest BCUT2D eigenvalue weighted by Crippen LogP contribution is 2.26. The smallest absolute Gasteiger partial charge is 0.477 e. The molecule has 2 rings (SSSR count). The van der Waals surface area contributed by atoms with E-state index in [0.29, 0.717) is 0 Å². The van der Waals surface area contributed by atoms with Crippen LogP contribution >= 0.6 is 0 Å². The molecule has 8 heteroatoms. The van der Waals surface area contributed by atoms with Crippen molar-refractivity contribution in [2.45, 2.75) is 13.3 Å². The van der Waals surface area contributed by atoms with Gasteiger partial charge < -0.3 is 14.4 Å². The van der Waals surface area contributed by atoms with Gasteiger partial charge in [-0.2, -0.15) is 0 Å². The first-order valence-corrected chi connectivity index (χ1v) is 5.74. The third-order valence-electron chi connectivity index (χ3n) is 3.04. The van der Waals surface area contributed by atoms with Crippen molar-refractivity contribution in [3.05, 3.63) is 39.7 Å². The lowest BCUT2D eigenvalue weighted by Gasteiger charge is -2.14. The molecule has 1 aromatic heterocycles. The number of aromatic nitrogens is 1. The van der Waals surface area contributed by atoms with Gasteiger partial charge in [0.05, 0.1) is 5.52 Å². The van der Waals surface area contributed by atoms with Gasteiger partial charge in [0.15, 0.2) is 5.43 Å². The molecule has 0 aliphatic heterocycles. The summed E-state index contributed by atoms with van der Waals surface area (Å²) in [5.74, 6) is -1.82. The van der Waals surface area contributed by atoms with E-state index in [1.807, 2.05) is 0 Å². The number of carboxylic acids is 1. The van der Waals surface area contributed by atoms with Gasteiger partial charge in [-0.05, 0) is 25.1 Å². The number of rotatable bonds is 2. The summed E-state index contributed by atoms with van der Waals surface area (Å²) in [4.78, 5) is 23.3. The van der Waals surface area contributed by atoms with Crippen LogP contribution in [0.15, 0.2) is 23.0 Å². The molecule has 1 N–H and O–H groups in total. The molecule has 0 amide bonds. The second-order valence-electron chi connectivity index (χ2n) is 4.39. The summed E-state index contributed by atoms with van der Waals surface area (Å²) in [6.07, 6.45) is -4.87.